The molecule has 0 saturated carbocycles. The molecule has 1 unspecified atom stereocenters. The summed E-state index contributed by atoms with van der Waals surface area (Å²) in [5, 5.41) is 0. The molecule has 0 fully saturated rings. The van der Waals surface area contributed by atoms with Crippen LogP contribution in [-0.4, -0.2) is 34.8 Å². The molecule has 0 aromatic carbocycles. The van der Waals surface area contributed by atoms with E-state index in [-0.39, 0.29) is 11.8 Å². The van der Waals surface area contributed by atoms with Gasteiger partial charge in [0.15, 0.2) is 5.82 Å². The van der Waals surface area contributed by atoms with Crippen molar-refractivity contribution in [1.82, 2.24) is 9.55 Å². The van der Waals surface area contributed by atoms with E-state index in [1.165, 1.54) is 0 Å². The van der Waals surface area contributed by atoms with E-state index in [1.54, 1.807) is 11.9 Å². The minimum atomic E-state index is -0.0592. The van der Waals surface area contributed by atoms with Crippen molar-refractivity contribution in [2.75, 3.05) is 18.5 Å². The molecule has 0 spiro atoms. The van der Waals surface area contributed by atoms with Crippen molar-refractivity contribution in [3.05, 3.63) is 11.5 Å². The highest BCUT2D eigenvalue weighted by Crippen LogP contribution is 2.33. The zero-order chi connectivity index (χ0) is 12.2. The lowest BCUT2D eigenvalue weighted by molar-refractivity contribution is -0.120. The molecule has 1 atom stereocenters. The van der Waals surface area contributed by atoms with E-state index in [0.29, 0.717) is 0 Å². The Balaban J connectivity index is 2.26. The Morgan fingerprint density at radius 3 is 2.88 bits per heavy atom. The SMILES string of the molecule is Cc1nc2c(n1C)C1=NCCCC1C(=O)N2C. The third-order valence-electron chi connectivity index (χ3n) is 3.75. The Kier molecular flexibility index (Phi) is 2.11. The van der Waals surface area contributed by atoms with Crippen LogP contribution in [-0.2, 0) is 11.8 Å². The van der Waals surface area contributed by atoms with Crippen molar-refractivity contribution in [1.29, 1.82) is 0 Å². The smallest absolute Gasteiger partial charge is 0.237 e. The van der Waals surface area contributed by atoms with Crippen LogP contribution in [0.3, 0.4) is 0 Å². The van der Waals surface area contributed by atoms with Gasteiger partial charge >= 0.3 is 0 Å². The van der Waals surface area contributed by atoms with Crippen molar-refractivity contribution in [3.8, 4) is 0 Å². The third-order valence-corrected chi connectivity index (χ3v) is 3.75. The van der Waals surface area contributed by atoms with Crippen molar-refractivity contribution in [3.63, 3.8) is 0 Å². The Morgan fingerprint density at radius 1 is 1.35 bits per heavy atom. The number of aryl methyl sites for hydroxylation is 1. The van der Waals surface area contributed by atoms with Crippen LogP contribution in [0, 0.1) is 12.8 Å². The first kappa shape index (κ1) is 10.5. The lowest BCUT2D eigenvalue weighted by Crippen LogP contribution is -2.44. The number of carbonyl (C=O) groups excluding carboxylic acids is 1. The summed E-state index contributed by atoms with van der Waals surface area (Å²) in [7, 11) is 3.79. The lowest BCUT2D eigenvalue weighted by atomic mass is 9.88. The van der Waals surface area contributed by atoms with E-state index in [4.69, 9.17) is 0 Å². The standard InChI is InChI=1S/C12H16N4O/c1-7-14-11-10(15(7)2)9-8(5-4-6-13-9)12(17)16(11)3/h8H,4-6H2,1-3H3. The highest BCUT2D eigenvalue weighted by molar-refractivity contribution is 6.22. The van der Waals surface area contributed by atoms with Gasteiger partial charge in [0, 0.05) is 20.6 Å². The van der Waals surface area contributed by atoms with Crippen LogP contribution >= 0.6 is 0 Å². The van der Waals surface area contributed by atoms with Gasteiger partial charge in [-0.2, -0.15) is 0 Å². The number of carbonyl (C=O) groups is 1. The molecular weight excluding hydrogens is 216 g/mol. The zero-order valence-electron chi connectivity index (χ0n) is 10.4. The second kappa shape index (κ2) is 3.42. The number of fused-ring (bicyclic) bond motifs is 3. The number of hydrogen-bond donors (Lipinski definition) is 0. The van der Waals surface area contributed by atoms with Gasteiger partial charge in [0.05, 0.1) is 11.6 Å². The summed E-state index contributed by atoms with van der Waals surface area (Å²) >= 11 is 0. The average Bonchev–Trinajstić information content (AvgIpc) is 2.63. The van der Waals surface area contributed by atoms with Crippen LogP contribution in [0.5, 0.6) is 0 Å². The van der Waals surface area contributed by atoms with Crippen molar-refractivity contribution in [2.45, 2.75) is 19.8 Å². The van der Waals surface area contributed by atoms with E-state index < -0.39 is 0 Å². The van der Waals surface area contributed by atoms with Gasteiger partial charge in [0.1, 0.15) is 11.5 Å². The van der Waals surface area contributed by atoms with E-state index in [9.17, 15) is 4.79 Å². The molecule has 0 radical (unpaired) electrons. The third kappa shape index (κ3) is 1.28. The van der Waals surface area contributed by atoms with Gasteiger partial charge in [-0.05, 0) is 19.8 Å². The molecule has 0 N–H and O–H groups in total. The molecule has 0 aliphatic carbocycles. The molecule has 2 aliphatic rings. The summed E-state index contributed by atoms with van der Waals surface area (Å²) in [6, 6.07) is 0. The number of rotatable bonds is 0. The Morgan fingerprint density at radius 2 is 2.12 bits per heavy atom. The summed E-state index contributed by atoms with van der Waals surface area (Å²) in [5.74, 6) is 1.75. The molecule has 1 amide bonds. The molecular formula is C12H16N4O. The number of aliphatic imine (C=N–C) groups is 1. The van der Waals surface area contributed by atoms with Crippen molar-refractivity contribution in [2.24, 2.45) is 18.0 Å². The molecule has 5 heteroatoms. The van der Waals surface area contributed by atoms with Crippen LogP contribution in [0.15, 0.2) is 4.99 Å². The van der Waals surface area contributed by atoms with Crippen LogP contribution < -0.4 is 4.90 Å². The van der Waals surface area contributed by atoms with Gasteiger partial charge in [-0.15, -0.1) is 0 Å². The topological polar surface area (TPSA) is 50.5 Å². The maximum atomic E-state index is 12.2. The summed E-state index contributed by atoms with van der Waals surface area (Å²) in [4.78, 5) is 22.9. The minimum Gasteiger partial charge on any atom is -0.329 e. The van der Waals surface area contributed by atoms with Crippen molar-refractivity contribution < 1.29 is 4.79 Å². The van der Waals surface area contributed by atoms with Crippen LogP contribution in [0.4, 0.5) is 5.82 Å². The molecule has 0 saturated heterocycles. The second-order valence-electron chi connectivity index (χ2n) is 4.75. The van der Waals surface area contributed by atoms with Crippen molar-refractivity contribution >= 4 is 17.4 Å². The van der Waals surface area contributed by atoms with Gasteiger partial charge in [-0.1, -0.05) is 0 Å². The summed E-state index contributed by atoms with van der Waals surface area (Å²) < 4.78 is 2.04. The first-order chi connectivity index (χ1) is 8.11. The number of imidazole rings is 1. The van der Waals surface area contributed by atoms with E-state index in [0.717, 1.165) is 42.4 Å². The van der Waals surface area contributed by atoms with Gasteiger partial charge in [-0.3, -0.25) is 14.7 Å². The number of anilines is 1. The summed E-state index contributed by atoms with van der Waals surface area (Å²) in [5.41, 5.74) is 1.96. The fourth-order valence-corrected chi connectivity index (χ4v) is 2.67. The average molecular weight is 232 g/mol. The van der Waals surface area contributed by atoms with E-state index in [1.807, 2.05) is 18.5 Å². The maximum Gasteiger partial charge on any atom is 0.237 e. The molecule has 0 bridgehead atoms. The largest absolute Gasteiger partial charge is 0.329 e. The predicted molar refractivity (Wildman–Crippen MR) is 65.5 cm³/mol. The highest BCUT2D eigenvalue weighted by atomic mass is 16.2. The zero-order valence-corrected chi connectivity index (χ0v) is 10.4. The number of amides is 1. The molecule has 3 heterocycles. The maximum absolute atomic E-state index is 12.2. The fourth-order valence-electron chi connectivity index (χ4n) is 2.67. The first-order valence-corrected chi connectivity index (χ1v) is 5.97. The molecule has 17 heavy (non-hydrogen) atoms. The fraction of sp³-hybridized carbons (Fsp3) is 0.583. The van der Waals surface area contributed by atoms with Crippen LogP contribution in [0.25, 0.3) is 0 Å². The Bertz CT molecular complexity index is 529. The normalized spacial score (nSPS) is 23.2. The van der Waals surface area contributed by atoms with E-state index in [2.05, 4.69) is 9.98 Å². The molecule has 5 nitrogen and oxygen atoms in total. The Labute approximate surface area is 100 Å². The Hall–Kier alpha value is -1.65. The first-order valence-electron chi connectivity index (χ1n) is 5.97. The second-order valence-corrected chi connectivity index (χ2v) is 4.75. The summed E-state index contributed by atoms with van der Waals surface area (Å²) in [6.45, 7) is 2.78. The van der Waals surface area contributed by atoms with Crippen LogP contribution in [0.2, 0.25) is 0 Å². The highest BCUT2D eigenvalue weighted by Gasteiger charge is 2.40. The molecule has 90 valence electrons. The van der Waals surface area contributed by atoms with Gasteiger partial charge in [0.25, 0.3) is 0 Å². The van der Waals surface area contributed by atoms with Gasteiger partial charge < -0.3 is 4.57 Å². The lowest BCUT2D eigenvalue weighted by Gasteiger charge is -2.32. The van der Waals surface area contributed by atoms with Gasteiger partial charge in [0.2, 0.25) is 5.91 Å². The molecule has 2 aliphatic heterocycles. The minimum absolute atomic E-state index is 0.0592. The monoisotopic (exact) mass is 232 g/mol. The predicted octanol–water partition coefficient (Wildman–Crippen LogP) is 0.904. The number of hydrogen-bond acceptors (Lipinski definition) is 3. The van der Waals surface area contributed by atoms with Gasteiger partial charge in [-0.25, -0.2) is 4.98 Å². The molecule has 3 rings (SSSR count). The summed E-state index contributed by atoms with van der Waals surface area (Å²) in [6.07, 6.45) is 1.91. The number of aromatic nitrogens is 2. The van der Waals surface area contributed by atoms with E-state index >= 15 is 0 Å². The quantitative estimate of drug-likeness (QED) is 0.667. The molecule has 1 aromatic rings. The molecule has 1 aromatic heterocycles. The number of nitrogens with zero attached hydrogens (tertiary/aromatic N) is 4. The van der Waals surface area contributed by atoms with Crippen LogP contribution in [0.1, 0.15) is 24.4 Å².